The summed E-state index contributed by atoms with van der Waals surface area (Å²) < 4.78 is 78.0. The van der Waals surface area contributed by atoms with Gasteiger partial charge in [-0.2, -0.15) is 0 Å². The fourth-order valence-corrected chi connectivity index (χ4v) is 5.70. The molecule has 3 aromatic carbocycles. The van der Waals surface area contributed by atoms with Crippen molar-refractivity contribution in [3.05, 3.63) is 89.5 Å². The minimum Gasteiger partial charge on any atom is -1.00 e. The molecule has 0 fully saturated rings. The Hall–Kier alpha value is -3.83. The summed E-state index contributed by atoms with van der Waals surface area (Å²) in [5.74, 6) is 2.87. The van der Waals surface area contributed by atoms with Crippen molar-refractivity contribution in [1.82, 2.24) is 0 Å². The molecule has 0 saturated carbocycles. The molecule has 348 valence electrons. The van der Waals surface area contributed by atoms with E-state index in [0.717, 1.165) is 76.2 Å². The third-order valence-corrected chi connectivity index (χ3v) is 8.11. The molecule has 0 spiro atoms. The van der Waals surface area contributed by atoms with E-state index in [-0.39, 0.29) is 52.4 Å². The maximum absolute atomic E-state index is 10.8. The van der Waals surface area contributed by atoms with Gasteiger partial charge in [0.1, 0.15) is 116 Å². The van der Waals surface area contributed by atoms with Crippen LogP contribution in [0.1, 0.15) is 16.7 Å². The van der Waals surface area contributed by atoms with E-state index in [1.54, 1.807) is 4.90 Å². The Bertz CT molecular complexity index is 1290. The monoisotopic (exact) mass is 889 g/mol. The van der Waals surface area contributed by atoms with Crippen molar-refractivity contribution < 1.29 is 117 Å². The van der Waals surface area contributed by atoms with Crippen LogP contribution in [0.15, 0.2) is 72.8 Å². The predicted octanol–water partition coefficient (Wildman–Crippen LogP) is -15.4. The summed E-state index contributed by atoms with van der Waals surface area (Å²) in [5, 5.41) is 7.36. The summed E-state index contributed by atoms with van der Waals surface area (Å²) in [6.07, 6.45) is 0. The topological polar surface area (TPSA) is 307 Å². The summed E-state index contributed by atoms with van der Waals surface area (Å²) in [6.45, 7) is 14.5. The van der Waals surface area contributed by atoms with Gasteiger partial charge in [0.15, 0.2) is 0 Å². The van der Waals surface area contributed by atoms with Gasteiger partial charge in [-0.1, -0.05) is 36.4 Å². The smallest absolute Gasteiger partial charge is 0.137 e. The molecular weight excluding hydrogens is 825 g/mol. The van der Waals surface area contributed by atoms with Gasteiger partial charge in [-0.05, 0) is 36.4 Å². The van der Waals surface area contributed by atoms with Crippen molar-refractivity contribution >= 4 is 8.63 Å². The average molecular weight is 890 g/mol. The van der Waals surface area contributed by atoms with Crippen molar-refractivity contribution in [2.75, 3.05) is 78.7 Å². The number of rotatable bonds is 0. The number of benzene rings is 3. The average Bonchev–Trinajstić information content (AvgIpc) is 3.01. The van der Waals surface area contributed by atoms with E-state index in [2.05, 4.69) is 88.7 Å². The molecule has 22 N–H and O–H groups in total. The van der Waals surface area contributed by atoms with E-state index in [1.807, 2.05) is 0 Å². The van der Waals surface area contributed by atoms with E-state index in [0.29, 0.717) is 19.8 Å². The zero-order valence-electron chi connectivity index (χ0n) is 31.9. The Morgan fingerprint density at radius 2 is 0.655 bits per heavy atom. The molecule has 0 saturated heterocycles. The number of halogens is 9. The minimum atomic E-state index is -10.8. The van der Waals surface area contributed by atoms with Gasteiger partial charge in [-0.25, -0.2) is 0 Å². The third-order valence-electron chi connectivity index (χ3n) is 8.11. The summed E-state index contributed by atoms with van der Waals surface area (Å²) in [6, 6.07) is 25.8. The Morgan fingerprint density at radius 3 is 0.914 bits per heavy atom. The molecule has 0 aromatic heterocycles. The van der Waals surface area contributed by atoms with E-state index in [4.69, 9.17) is 14.2 Å². The first-order valence-electron chi connectivity index (χ1n) is 16.7. The van der Waals surface area contributed by atoms with Crippen molar-refractivity contribution in [2.24, 2.45) is 0 Å². The van der Waals surface area contributed by atoms with Gasteiger partial charge in [0.05, 0.1) is 0 Å². The first-order valence-corrected chi connectivity index (χ1v) is 19.0. The molecule has 0 aliphatic carbocycles. The first-order chi connectivity index (χ1) is 22.7. The molecule has 3 aliphatic heterocycles. The second kappa shape index (κ2) is 31.1. The van der Waals surface area contributed by atoms with Gasteiger partial charge >= 0.3 is 33.3 Å². The maximum atomic E-state index is 9.88. The number of hydrogen-bond acceptors (Lipinski definition) is 3. The van der Waals surface area contributed by atoms with Crippen LogP contribution in [0.3, 0.4) is 0 Å². The predicted molar refractivity (Wildman–Crippen MR) is 196 cm³/mol. The molecule has 0 unspecified atom stereocenters. The van der Waals surface area contributed by atoms with E-state index < -0.39 is 8.63 Å². The molecule has 8 bridgehead atoms. The molecule has 3 aliphatic rings. The number of nitrogens with two attached hydrogens (primary N) is 3. The Labute approximate surface area is 330 Å². The molecule has 0 atom stereocenters. The fraction of sp³-hybridized carbons (Fsp3) is 0.455. The number of nitrogens with one attached hydrogen (secondary N) is 2. The molecule has 6 rings (SSSR count). The molecule has 0 radical (unpaired) electrons. The van der Waals surface area contributed by atoms with Crippen LogP contribution in [0.5, 0.6) is 17.2 Å². The van der Waals surface area contributed by atoms with E-state index >= 15 is 0 Å². The molecule has 0 amide bonds. The quantitative estimate of drug-likeness (QED) is 0.0836. The van der Waals surface area contributed by atoms with Crippen molar-refractivity contribution in [2.45, 2.75) is 19.6 Å². The SMILES string of the molecule is F[Si-2](F)(F)(F)(F)F.O.O.O.O.O.O.O.[F-].[F-].[F-].c1cc2cc(c1)OCC[NH+]1CCOc3cccc(c3)C[NH2+]CC[NH+](CC[NH2+]C2)CC[NH2+]Cc2cccc(c2)OCC1. The van der Waals surface area contributed by atoms with Gasteiger partial charge in [0, 0.05) is 16.7 Å². The largest absolute Gasteiger partial charge is 1.00 e. The van der Waals surface area contributed by atoms with Gasteiger partial charge in [-0.15, -0.1) is 0 Å². The summed E-state index contributed by atoms with van der Waals surface area (Å²) in [7, 11) is -10.8. The molecule has 58 heavy (non-hydrogen) atoms. The number of fused-ring (bicyclic) bond motifs is 15. The Morgan fingerprint density at radius 1 is 0.414 bits per heavy atom. The number of hydrogen-bond donors (Lipinski definition) is 5. The van der Waals surface area contributed by atoms with Crippen LogP contribution in [0.4, 0.5) is 24.6 Å². The normalized spacial score (nSPS) is 18.3. The van der Waals surface area contributed by atoms with Crippen LogP contribution < -0.4 is 54.1 Å². The molecule has 25 heteroatoms. The Balaban J connectivity index is -0.000000282. The number of ether oxygens (including phenoxy) is 3. The van der Waals surface area contributed by atoms with Crippen molar-refractivity contribution in [3.8, 4) is 17.2 Å². The van der Waals surface area contributed by atoms with Crippen LogP contribution in [-0.2, 0) is 19.6 Å². The van der Waals surface area contributed by atoms with Crippen molar-refractivity contribution in [1.29, 1.82) is 0 Å². The van der Waals surface area contributed by atoms with Crippen LogP contribution in [0, 0.1) is 0 Å². The van der Waals surface area contributed by atoms with E-state index in [1.165, 1.54) is 41.2 Å². The zero-order valence-corrected chi connectivity index (χ0v) is 32.9. The fourth-order valence-electron chi connectivity index (χ4n) is 5.70. The van der Waals surface area contributed by atoms with Crippen LogP contribution in [-0.4, -0.2) is 126 Å². The molecule has 3 heterocycles. The molecule has 15 nitrogen and oxygen atoms in total. The summed E-state index contributed by atoms with van der Waals surface area (Å²) in [5.41, 5.74) is 3.97. The Kier molecular flexibility index (Phi) is 36.9. The second-order valence-corrected chi connectivity index (χ2v) is 14.5. The minimum absolute atomic E-state index is 0. The summed E-state index contributed by atoms with van der Waals surface area (Å²) in [4.78, 5) is 3.09. The van der Waals surface area contributed by atoms with Gasteiger partial charge in [0.2, 0.25) is 0 Å². The molecule has 3 aromatic rings. The van der Waals surface area contributed by atoms with Crippen molar-refractivity contribution in [3.63, 3.8) is 0 Å². The third kappa shape index (κ3) is 32.2. The number of quaternary nitrogens is 5. The van der Waals surface area contributed by atoms with Crippen LogP contribution in [0.25, 0.3) is 0 Å². The maximum Gasteiger partial charge on any atom is 0.137 e. The van der Waals surface area contributed by atoms with Gasteiger partial charge in [0.25, 0.3) is 0 Å². The summed E-state index contributed by atoms with van der Waals surface area (Å²) >= 11 is 0. The van der Waals surface area contributed by atoms with Crippen LogP contribution in [0.2, 0.25) is 0 Å². The van der Waals surface area contributed by atoms with Crippen LogP contribution >= 0.6 is 0 Å². The van der Waals surface area contributed by atoms with Gasteiger partial charge < -0.3 is 92.4 Å². The standard InChI is InChI=1S/C33H45N5O3.F6Si.3FH.7H2O/c1-4-28-22-31(7-1)39-19-16-38-17-20-40-32-8-2-5-29(23-32)26-35-11-14-37(13-10-34-25-28)15-12-36-27-30-6-3-9-33(24-30)41-21-18-38;1-7(2,3,4,5)6;;;;;;;;;;/h1-9,22-24,34-36H,10-21,25-27H2;;3*1H;7*1H2/q;-2;;;;;;;;;;/p+2. The molecular formula is C33H64F9N5O10Si. The van der Waals surface area contributed by atoms with E-state index in [9.17, 15) is 24.6 Å². The second-order valence-electron chi connectivity index (χ2n) is 12.4. The zero-order chi connectivity index (χ0) is 34.4. The van der Waals surface area contributed by atoms with Gasteiger partial charge in [-0.3, -0.25) is 0 Å². The first kappa shape index (κ1) is 68.8.